The van der Waals surface area contributed by atoms with Crippen LogP contribution in [-0.4, -0.2) is 41.5 Å². The number of carbonyl (C=O) groups excluding carboxylic acids is 4. The van der Waals surface area contributed by atoms with E-state index in [4.69, 9.17) is 28.9 Å². The maximum absolute atomic E-state index is 13.9. The first kappa shape index (κ1) is 26.8. The van der Waals surface area contributed by atoms with E-state index in [1.165, 1.54) is 18.2 Å². The van der Waals surface area contributed by atoms with Crippen LogP contribution in [0.3, 0.4) is 0 Å². The SMILES string of the molecule is NC(=O)CC(NC(=O)[C@H](CC1CCCCC1)NC(=O)/C=C/c1ccc(Cl)cc1F)C(=O)CCl. The summed E-state index contributed by atoms with van der Waals surface area (Å²) >= 11 is 11.3. The smallest absolute Gasteiger partial charge is 0.244 e. The summed E-state index contributed by atoms with van der Waals surface area (Å²) in [6.45, 7) is 0. The largest absolute Gasteiger partial charge is 0.370 e. The molecule has 180 valence electrons. The van der Waals surface area contributed by atoms with Crippen LogP contribution < -0.4 is 16.4 Å². The molecular formula is C23H28Cl2FN3O4. The number of amides is 3. The van der Waals surface area contributed by atoms with Crippen LogP contribution in [-0.2, 0) is 19.2 Å². The highest BCUT2D eigenvalue weighted by Gasteiger charge is 2.29. The molecule has 1 unspecified atom stereocenters. The van der Waals surface area contributed by atoms with Crippen molar-refractivity contribution in [1.82, 2.24) is 10.6 Å². The highest BCUT2D eigenvalue weighted by atomic mass is 35.5. The van der Waals surface area contributed by atoms with Gasteiger partial charge in [0.25, 0.3) is 0 Å². The molecular weight excluding hydrogens is 472 g/mol. The number of hydrogen-bond donors (Lipinski definition) is 3. The zero-order valence-corrected chi connectivity index (χ0v) is 19.6. The Morgan fingerprint density at radius 2 is 1.82 bits per heavy atom. The van der Waals surface area contributed by atoms with Crippen molar-refractivity contribution in [3.63, 3.8) is 0 Å². The molecule has 0 aliphatic heterocycles. The van der Waals surface area contributed by atoms with Crippen LogP contribution in [0.15, 0.2) is 24.3 Å². The van der Waals surface area contributed by atoms with Crippen molar-refractivity contribution >= 4 is 52.8 Å². The molecule has 4 N–H and O–H groups in total. The van der Waals surface area contributed by atoms with E-state index in [0.717, 1.165) is 44.2 Å². The fourth-order valence-corrected chi connectivity index (χ4v) is 4.17. The Kier molecular flexibility index (Phi) is 10.8. The predicted octanol–water partition coefficient (Wildman–Crippen LogP) is 3.12. The summed E-state index contributed by atoms with van der Waals surface area (Å²) in [6, 6.07) is 1.94. The summed E-state index contributed by atoms with van der Waals surface area (Å²) in [4.78, 5) is 48.8. The molecule has 0 radical (unpaired) electrons. The first-order valence-corrected chi connectivity index (χ1v) is 11.7. The third kappa shape index (κ3) is 9.14. The maximum Gasteiger partial charge on any atom is 0.244 e. The maximum atomic E-state index is 13.9. The number of Topliss-reactive ketones (excluding diaryl/α,β-unsaturated/α-hetero) is 1. The van der Waals surface area contributed by atoms with Crippen LogP contribution in [0.2, 0.25) is 5.02 Å². The lowest BCUT2D eigenvalue weighted by atomic mass is 9.84. The number of halogens is 3. The van der Waals surface area contributed by atoms with Crippen LogP contribution in [0.1, 0.15) is 50.5 Å². The van der Waals surface area contributed by atoms with Crippen molar-refractivity contribution in [1.29, 1.82) is 0 Å². The second kappa shape index (κ2) is 13.3. The van der Waals surface area contributed by atoms with E-state index in [2.05, 4.69) is 10.6 Å². The van der Waals surface area contributed by atoms with Gasteiger partial charge in [0.1, 0.15) is 11.9 Å². The average molecular weight is 500 g/mol. The van der Waals surface area contributed by atoms with Gasteiger partial charge in [-0.3, -0.25) is 19.2 Å². The van der Waals surface area contributed by atoms with E-state index in [0.29, 0.717) is 6.42 Å². The van der Waals surface area contributed by atoms with Gasteiger partial charge in [0.15, 0.2) is 5.78 Å². The number of nitrogens with one attached hydrogen (secondary N) is 2. The van der Waals surface area contributed by atoms with Crippen LogP contribution in [0, 0.1) is 11.7 Å². The molecule has 0 aromatic heterocycles. The minimum atomic E-state index is -1.17. The topological polar surface area (TPSA) is 118 Å². The van der Waals surface area contributed by atoms with Gasteiger partial charge in [0.05, 0.1) is 18.3 Å². The molecule has 0 bridgehead atoms. The van der Waals surface area contributed by atoms with Gasteiger partial charge in [-0.15, -0.1) is 11.6 Å². The summed E-state index contributed by atoms with van der Waals surface area (Å²) in [5, 5.41) is 5.36. The van der Waals surface area contributed by atoms with Crippen LogP contribution in [0.5, 0.6) is 0 Å². The predicted molar refractivity (Wildman–Crippen MR) is 125 cm³/mol. The Labute approximate surface area is 202 Å². The second-order valence-corrected chi connectivity index (χ2v) is 8.84. The molecule has 2 atom stereocenters. The fourth-order valence-electron chi connectivity index (χ4n) is 3.82. The number of primary amides is 1. The number of benzene rings is 1. The van der Waals surface area contributed by atoms with Crippen LogP contribution in [0.25, 0.3) is 6.08 Å². The summed E-state index contributed by atoms with van der Waals surface area (Å²) in [5.74, 6) is -3.28. The van der Waals surface area contributed by atoms with Gasteiger partial charge in [-0.1, -0.05) is 49.8 Å². The van der Waals surface area contributed by atoms with E-state index in [1.807, 2.05) is 0 Å². The number of hydrogen-bond acceptors (Lipinski definition) is 4. The molecule has 0 saturated heterocycles. The van der Waals surface area contributed by atoms with Crippen molar-refractivity contribution < 1.29 is 23.6 Å². The Morgan fingerprint density at radius 1 is 1.12 bits per heavy atom. The highest BCUT2D eigenvalue weighted by molar-refractivity contribution is 6.30. The molecule has 1 aromatic rings. The van der Waals surface area contributed by atoms with Crippen molar-refractivity contribution in [3.8, 4) is 0 Å². The molecule has 2 rings (SSSR count). The monoisotopic (exact) mass is 499 g/mol. The van der Waals surface area contributed by atoms with Gasteiger partial charge in [-0.25, -0.2) is 4.39 Å². The standard InChI is InChI=1S/C23H28Cl2FN3O4/c24-13-20(30)18(12-21(27)31)29-23(33)19(10-14-4-2-1-3-5-14)28-22(32)9-7-15-6-8-16(25)11-17(15)26/h6-9,11,14,18-19H,1-5,10,12-13H2,(H2,27,31)(H,28,32)(H,29,33)/b9-7+/t18?,19-/m0/s1. The lowest BCUT2D eigenvalue weighted by Crippen LogP contribution is -2.53. The molecule has 0 heterocycles. The molecule has 1 saturated carbocycles. The Balaban J connectivity index is 2.13. The molecule has 33 heavy (non-hydrogen) atoms. The number of nitrogens with two attached hydrogens (primary N) is 1. The van der Waals surface area contributed by atoms with E-state index in [9.17, 15) is 23.6 Å². The third-order valence-corrected chi connectivity index (χ3v) is 6.04. The lowest BCUT2D eigenvalue weighted by Gasteiger charge is -2.27. The molecule has 3 amide bonds. The number of alkyl halides is 1. The second-order valence-electron chi connectivity index (χ2n) is 8.13. The van der Waals surface area contributed by atoms with Gasteiger partial charge in [-0.2, -0.15) is 0 Å². The first-order valence-electron chi connectivity index (χ1n) is 10.8. The summed E-state index contributed by atoms with van der Waals surface area (Å²) < 4.78 is 13.9. The van der Waals surface area contributed by atoms with Crippen LogP contribution >= 0.6 is 23.2 Å². The third-order valence-electron chi connectivity index (χ3n) is 5.55. The Morgan fingerprint density at radius 3 is 2.42 bits per heavy atom. The molecule has 1 aliphatic rings. The van der Waals surface area contributed by atoms with Crippen molar-refractivity contribution in [3.05, 3.63) is 40.7 Å². The van der Waals surface area contributed by atoms with Gasteiger partial charge in [0, 0.05) is 16.7 Å². The quantitative estimate of drug-likeness (QED) is 0.320. The van der Waals surface area contributed by atoms with Gasteiger partial charge in [0.2, 0.25) is 17.7 Å². The Hall–Kier alpha value is -2.45. The van der Waals surface area contributed by atoms with Crippen molar-refractivity contribution in [2.45, 2.75) is 57.0 Å². The molecule has 1 fully saturated rings. The van der Waals surface area contributed by atoms with E-state index < -0.39 is 53.7 Å². The van der Waals surface area contributed by atoms with Gasteiger partial charge in [-0.05, 0) is 30.5 Å². The molecule has 7 nitrogen and oxygen atoms in total. The molecule has 1 aliphatic carbocycles. The minimum Gasteiger partial charge on any atom is -0.370 e. The van der Waals surface area contributed by atoms with Crippen molar-refractivity contribution in [2.24, 2.45) is 11.7 Å². The summed E-state index contributed by atoms with van der Waals surface area (Å²) in [5.41, 5.74) is 5.34. The molecule has 0 spiro atoms. The molecule has 10 heteroatoms. The number of ketones is 1. The summed E-state index contributed by atoms with van der Waals surface area (Å²) in [6.07, 6.45) is 7.45. The average Bonchev–Trinajstić information content (AvgIpc) is 2.77. The van der Waals surface area contributed by atoms with Crippen LogP contribution in [0.4, 0.5) is 4.39 Å². The number of carbonyl (C=O) groups is 4. The zero-order valence-electron chi connectivity index (χ0n) is 18.1. The number of rotatable bonds is 11. The van der Waals surface area contributed by atoms with E-state index in [-0.39, 0.29) is 16.5 Å². The zero-order chi connectivity index (χ0) is 24.4. The molecule has 1 aromatic carbocycles. The summed E-state index contributed by atoms with van der Waals surface area (Å²) in [7, 11) is 0. The Bertz CT molecular complexity index is 904. The highest BCUT2D eigenvalue weighted by Crippen LogP contribution is 2.27. The van der Waals surface area contributed by atoms with E-state index >= 15 is 0 Å². The first-order chi connectivity index (χ1) is 15.7. The normalized spacial score (nSPS) is 16.2. The lowest BCUT2D eigenvalue weighted by molar-refractivity contribution is -0.131. The minimum absolute atomic E-state index is 0.164. The van der Waals surface area contributed by atoms with Gasteiger partial charge >= 0.3 is 0 Å². The van der Waals surface area contributed by atoms with Crippen molar-refractivity contribution in [2.75, 3.05) is 5.88 Å². The van der Waals surface area contributed by atoms with E-state index in [1.54, 1.807) is 0 Å². The fraction of sp³-hybridized carbons (Fsp3) is 0.478. The van der Waals surface area contributed by atoms with Gasteiger partial charge < -0.3 is 16.4 Å².